The molecule has 1 aromatic heterocycles. The zero-order chi connectivity index (χ0) is 13.9. The molecule has 0 amide bonds. The fourth-order valence-electron chi connectivity index (χ4n) is 3.32. The lowest BCUT2D eigenvalue weighted by molar-refractivity contribution is 0.187. The third-order valence-corrected chi connectivity index (χ3v) is 5.73. The van der Waals surface area contributed by atoms with Crippen LogP contribution < -0.4 is 10.2 Å². The summed E-state index contributed by atoms with van der Waals surface area (Å²) in [6, 6.07) is 1.22. The second kappa shape index (κ2) is 6.41. The molecular weight excluding hydrogens is 268 g/mol. The molecule has 0 spiro atoms. The molecule has 2 fully saturated rings. The Bertz CT molecular complexity index is 419. The van der Waals surface area contributed by atoms with Crippen LogP contribution in [0.5, 0.6) is 0 Å². The van der Waals surface area contributed by atoms with Crippen LogP contribution in [0.4, 0.5) is 5.13 Å². The highest BCUT2D eigenvalue weighted by molar-refractivity contribution is 7.13. The Morgan fingerprint density at radius 3 is 2.60 bits per heavy atom. The number of aromatic nitrogens is 1. The Hall–Kier alpha value is -0.650. The molecule has 1 aliphatic carbocycles. The summed E-state index contributed by atoms with van der Waals surface area (Å²) in [6.45, 7) is 6.86. The fraction of sp³-hybridized carbons (Fsp3) is 0.800. The van der Waals surface area contributed by atoms with Crippen molar-refractivity contribution in [1.82, 2.24) is 15.2 Å². The Kier molecular flexibility index (Phi) is 4.58. The highest BCUT2D eigenvalue weighted by atomic mass is 32.1. The molecule has 1 unspecified atom stereocenters. The summed E-state index contributed by atoms with van der Waals surface area (Å²) < 4.78 is 0. The normalized spacial score (nSPS) is 23.4. The summed E-state index contributed by atoms with van der Waals surface area (Å²) in [4.78, 5) is 9.95. The lowest BCUT2D eigenvalue weighted by Crippen LogP contribution is -2.49. The van der Waals surface area contributed by atoms with Gasteiger partial charge in [-0.3, -0.25) is 4.90 Å². The van der Waals surface area contributed by atoms with Crippen LogP contribution in [0.25, 0.3) is 0 Å². The molecule has 1 aromatic rings. The van der Waals surface area contributed by atoms with E-state index in [9.17, 15) is 0 Å². The average molecular weight is 294 g/mol. The lowest BCUT2D eigenvalue weighted by Gasteiger charge is -2.38. The number of piperazine rings is 1. The third-order valence-electron chi connectivity index (χ3n) is 4.81. The van der Waals surface area contributed by atoms with Gasteiger partial charge in [0.15, 0.2) is 5.13 Å². The average Bonchev–Trinajstić information content (AvgIpc) is 3.18. The van der Waals surface area contributed by atoms with Crippen LogP contribution >= 0.6 is 11.3 Å². The van der Waals surface area contributed by atoms with Gasteiger partial charge in [-0.25, -0.2) is 4.98 Å². The monoisotopic (exact) mass is 294 g/mol. The molecule has 4 nitrogen and oxygen atoms in total. The van der Waals surface area contributed by atoms with Gasteiger partial charge in [-0.1, -0.05) is 12.8 Å². The summed E-state index contributed by atoms with van der Waals surface area (Å²) >= 11 is 1.79. The van der Waals surface area contributed by atoms with E-state index in [-0.39, 0.29) is 0 Å². The van der Waals surface area contributed by atoms with Crippen LogP contribution in [0.1, 0.15) is 44.3 Å². The number of nitrogens with one attached hydrogen (secondary N) is 1. The second-order valence-corrected chi connectivity index (χ2v) is 6.86. The molecule has 2 aliphatic rings. The highest BCUT2D eigenvalue weighted by Gasteiger charge is 2.27. The number of hydrogen-bond acceptors (Lipinski definition) is 5. The van der Waals surface area contributed by atoms with Gasteiger partial charge in [-0.15, -0.1) is 11.3 Å². The number of nitrogens with zero attached hydrogens (tertiary/aromatic N) is 3. The van der Waals surface area contributed by atoms with E-state index >= 15 is 0 Å². The van der Waals surface area contributed by atoms with Crippen molar-refractivity contribution in [3.8, 4) is 0 Å². The van der Waals surface area contributed by atoms with E-state index in [0.29, 0.717) is 6.04 Å². The van der Waals surface area contributed by atoms with E-state index in [1.165, 1.54) is 49.6 Å². The van der Waals surface area contributed by atoms with Gasteiger partial charge in [0.2, 0.25) is 0 Å². The number of thiazole rings is 1. The van der Waals surface area contributed by atoms with Gasteiger partial charge in [-0.2, -0.15) is 0 Å². The van der Waals surface area contributed by atoms with E-state index in [0.717, 1.165) is 19.1 Å². The van der Waals surface area contributed by atoms with Gasteiger partial charge >= 0.3 is 0 Å². The molecule has 1 aliphatic heterocycles. The number of hydrogen-bond donors (Lipinski definition) is 1. The van der Waals surface area contributed by atoms with Gasteiger partial charge in [-0.05, 0) is 26.8 Å². The topological polar surface area (TPSA) is 31.4 Å². The van der Waals surface area contributed by atoms with E-state index in [1.54, 1.807) is 11.3 Å². The molecule has 5 heteroatoms. The van der Waals surface area contributed by atoms with E-state index in [1.807, 2.05) is 7.05 Å². The maximum absolute atomic E-state index is 4.79. The summed E-state index contributed by atoms with van der Waals surface area (Å²) in [5.74, 6) is 0. The van der Waals surface area contributed by atoms with Gasteiger partial charge in [0.25, 0.3) is 0 Å². The molecule has 1 N–H and O–H groups in total. The van der Waals surface area contributed by atoms with Crippen LogP contribution in [0.3, 0.4) is 0 Å². The maximum Gasteiger partial charge on any atom is 0.185 e. The number of anilines is 1. The molecule has 1 saturated carbocycles. The lowest BCUT2D eigenvalue weighted by atomic mass is 10.2. The first-order valence-electron chi connectivity index (χ1n) is 7.89. The smallest absolute Gasteiger partial charge is 0.185 e. The Morgan fingerprint density at radius 1 is 1.25 bits per heavy atom. The van der Waals surface area contributed by atoms with E-state index in [2.05, 4.69) is 27.4 Å². The first kappa shape index (κ1) is 14.3. The summed E-state index contributed by atoms with van der Waals surface area (Å²) in [5.41, 5.74) is 1.17. The number of rotatable bonds is 4. The first-order chi connectivity index (χ1) is 9.78. The van der Waals surface area contributed by atoms with E-state index < -0.39 is 0 Å². The molecule has 3 rings (SSSR count). The molecule has 1 atom stereocenters. The zero-order valence-electron chi connectivity index (χ0n) is 12.6. The SMILES string of the molecule is CNC(C)c1csc(N2CCN(C3CCCC3)CC2)n1. The summed E-state index contributed by atoms with van der Waals surface area (Å²) in [6.07, 6.45) is 5.70. The van der Waals surface area contributed by atoms with Gasteiger partial charge in [0, 0.05) is 43.6 Å². The van der Waals surface area contributed by atoms with Crippen LogP contribution in [-0.4, -0.2) is 49.2 Å². The minimum Gasteiger partial charge on any atom is -0.346 e. The van der Waals surface area contributed by atoms with Crippen molar-refractivity contribution in [2.75, 3.05) is 38.1 Å². The molecule has 112 valence electrons. The molecule has 0 radical (unpaired) electrons. The molecule has 1 saturated heterocycles. The molecule has 20 heavy (non-hydrogen) atoms. The molecule has 0 aromatic carbocycles. The van der Waals surface area contributed by atoms with Crippen molar-refractivity contribution in [1.29, 1.82) is 0 Å². The van der Waals surface area contributed by atoms with Crippen LogP contribution in [0.15, 0.2) is 5.38 Å². The quantitative estimate of drug-likeness (QED) is 0.924. The zero-order valence-corrected chi connectivity index (χ0v) is 13.5. The third kappa shape index (κ3) is 3.00. The van der Waals surface area contributed by atoms with Crippen molar-refractivity contribution < 1.29 is 0 Å². The van der Waals surface area contributed by atoms with Crippen molar-refractivity contribution in [3.05, 3.63) is 11.1 Å². The van der Waals surface area contributed by atoms with Crippen molar-refractivity contribution in [3.63, 3.8) is 0 Å². The molecular formula is C15H26N4S. The first-order valence-corrected chi connectivity index (χ1v) is 8.77. The summed E-state index contributed by atoms with van der Waals surface area (Å²) in [7, 11) is 1.99. The highest BCUT2D eigenvalue weighted by Crippen LogP contribution is 2.28. The summed E-state index contributed by atoms with van der Waals surface area (Å²) in [5, 5.41) is 6.66. The minimum absolute atomic E-state index is 0.347. The van der Waals surface area contributed by atoms with Crippen LogP contribution in [0, 0.1) is 0 Å². The standard InChI is InChI=1S/C15H26N4S/c1-12(16-2)14-11-20-15(17-14)19-9-7-18(8-10-19)13-5-3-4-6-13/h11-13,16H,3-10H2,1-2H3. The predicted molar refractivity (Wildman–Crippen MR) is 85.6 cm³/mol. The predicted octanol–water partition coefficient (Wildman–Crippen LogP) is 2.49. The Morgan fingerprint density at radius 2 is 1.95 bits per heavy atom. The van der Waals surface area contributed by atoms with E-state index in [4.69, 9.17) is 4.98 Å². The van der Waals surface area contributed by atoms with Crippen molar-refractivity contribution in [2.45, 2.75) is 44.7 Å². The minimum atomic E-state index is 0.347. The Balaban J connectivity index is 1.56. The van der Waals surface area contributed by atoms with Crippen LogP contribution in [0.2, 0.25) is 0 Å². The van der Waals surface area contributed by atoms with Crippen molar-refractivity contribution in [2.24, 2.45) is 0 Å². The van der Waals surface area contributed by atoms with Gasteiger partial charge < -0.3 is 10.2 Å². The van der Waals surface area contributed by atoms with Crippen molar-refractivity contribution >= 4 is 16.5 Å². The molecule has 2 heterocycles. The van der Waals surface area contributed by atoms with Crippen LogP contribution in [-0.2, 0) is 0 Å². The largest absolute Gasteiger partial charge is 0.346 e. The molecule has 0 bridgehead atoms. The van der Waals surface area contributed by atoms with Gasteiger partial charge in [0.05, 0.1) is 5.69 Å². The Labute approximate surface area is 126 Å². The van der Waals surface area contributed by atoms with Gasteiger partial charge in [0.1, 0.15) is 0 Å². The maximum atomic E-state index is 4.79. The fourth-order valence-corrected chi connectivity index (χ4v) is 4.29. The second-order valence-electron chi connectivity index (χ2n) is 6.03.